The summed E-state index contributed by atoms with van der Waals surface area (Å²) in [6, 6.07) is 7.32. The summed E-state index contributed by atoms with van der Waals surface area (Å²) in [7, 11) is 3.13. The van der Waals surface area contributed by atoms with Crippen molar-refractivity contribution in [1.82, 2.24) is 4.98 Å². The minimum absolute atomic E-state index is 0.575. The van der Waals surface area contributed by atoms with Gasteiger partial charge in [-0.1, -0.05) is 0 Å². The summed E-state index contributed by atoms with van der Waals surface area (Å²) < 4.78 is 10.4. The van der Waals surface area contributed by atoms with Gasteiger partial charge in [0.2, 0.25) is 0 Å². The monoisotopic (exact) mass is 214 g/mol. The highest BCUT2D eigenvalue weighted by Gasteiger charge is 2.09. The van der Waals surface area contributed by atoms with Crippen LogP contribution >= 0.6 is 0 Å². The Morgan fingerprint density at radius 3 is 2.50 bits per heavy atom. The Bertz CT molecular complexity index is 573. The SMILES string of the molecule is COc1cc2nccc(C#N)c2cc1OC. The number of pyridine rings is 1. The third-order valence-corrected chi connectivity index (χ3v) is 2.37. The number of aromatic nitrogens is 1. The number of hydrogen-bond donors (Lipinski definition) is 0. The van der Waals surface area contributed by atoms with Crippen LogP contribution in [0.4, 0.5) is 0 Å². The average Bonchev–Trinajstić information content (AvgIpc) is 2.36. The number of hydrogen-bond acceptors (Lipinski definition) is 4. The molecule has 0 saturated heterocycles. The Hall–Kier alpha value is -2.28. The molecule has 0 radical (unpaired) electrons. The summed E-state index contributed by atoms with van der Waals surface area (Å²) in [4.78, 5) is 4.19. The number of fused-ring (bicyclic) bond motifs is 1. The molecule has 0 spiro atoms. The molecular formula is C12H10N2O2. The fraction of sp³-hybridized carbons (Fsp3) is 0.167. The van der Waals surface area contributed by atoms with Crippen LogP contribution in [0.15, 0.2) is 24.4 Å². The summed E-state index contributed by atoms with van der Waals surface area (Å²) in [6.07, 6.45) is 1.60. The first kappa shape index (κ1) is 10.2. The fourth-order valence-electron chi connectivity index (χ4n) is 1.57. The molecule has 2 aromatic rings. The van der Waals surface area contributed by atoms with Crippen LogP contribution in [0.2, 0.25) is 0 Å². The molecule has 0 saturated carbocycles. The minimum Gasteiger partial charge on any atom is -0.493 e. The number of ether oxygens (including phenoxy) is 2. The van der Waals surface area contributed by atoms with Crippen molar-refractivity contribution >= 4 is 10.9 Å². The summed E-state index contributed by atoms with van der Waals surface area (Å²) in [5.41, 5.74) is 1.29. The van der Waals surface area contributed by atoms with Gasteiger partial charge in [-0.2, -0.15) is 5.26 Å². The first-order valence-corrected chi connectivity index (χ1v) is 4.71. The maximum atomic E-state index is 8.98. The topological polar surface area (TPSA) is 55.1 Å². The van der Waals surface area contributed by atoms with Crippen molar-refractivity contribution in [1.29, 1.82) is 5.26 Å². The van der Waals surface area contributed by atoms with Crippen LogP contribution in [0.1, 0.15) is 5.56 Å². The second-order valence-electron chi connectivity index (χ2n) is 3.19. The Balaban J connectivity index is 2.79. The molecule has 0 atom stereocenters. The zero-order valence-corrected chi connectivity index (χ0v) is 9.02. The molecule has 16 heavy (non-hydrogen) atoms. The van der Waals surface area contributed by atoms with Gasteiger partial charge in [-0.25, -0.2) is 0 Å². The Kier molecular flexibility index (Phi) is 2.61. The van der Waals surface area contributed by atoms with Gasteiger partial charge in [-0.05, 0) is 12.1 Å². The molecule has 0 aliphatic carbocycles. The number of benzene rings is 1. The lowest BCUT2D eigenvalue weighted by Gasteiger charge is -2.08. The average molecular weight is 214 g/mol. The third-order valence-electron chi connectivity index (χ3n) is 2.37. The lowest BCUT2D eigenvalue weighted by atomic mass is 10.1. The summed E-state index contributed by atoms with van der Waals surface area (Å²) in [5.74, 6) is 1.21. The molecule has 1 aromatic heterocycles. The van der Waals surface area contributed by atoms with Gasteiger partial charge in [0.25, 0.3) is 0 Å². The normalized spacial score (nSPS) is 9.81. The number of rotatable bonds is 2. The largest absolute Gasteiger partial charge is 0.493 e. The van der Waals surface area contributed by atoms with Crippen molar-refractivity contribution in [3.8, 4) is 17.6 Å². The molecule has 0 aliphatic rings. The molecule has 1 aromatic carbocycles. The van der Waals surface area contributed by atoms with Gasteiger partial charge in [0.05, 0.1) is 31.4 Å². The lowest BCUT2D eigenvalue weighted by molar-refractivity contribution is 0.356. The zero-order valence-electron chi connectivity index (χ0n) is 9.02. The molecule has 0 bridgehead atoms. The highest BCUT2D eigenvalue weighted by Crippen LogP contribution is 2.32. The van der Waals surface area contributed by atoms with Crippen molar-refractivity contribution in [3.63, 3.8) is 0 Å². The van der Waals surface area contributed by atoms with E-state index in [0.717, 1.165) is 10.9 Å². The van der Waals surface area contributed by atoms with E-state index in [-0.39, 0.29) is 0 Å². The third kappa shape index (κ3) is 1.52. The standard InChI is InChI=1S/C12H10N2O2/c1-15-11-5-9-8(7-13)3-4-14-10(9)6-12(11)16-2/h3-6H,1-2H3. The predicted molar refractivity (Wildman–Crippen MR) is 59.6 cm³/mol. The second-order valence-corrected chi connectivity index (χ2v) is 3.19. The first-order valence-electron chi connectivity index (χ1n) is 4.71. The lowest BCUT2D eigenvalue weighted by Crippen LogP contribution is -1.92. The van der Waals surface area contributed by atoms with Gasteiger partial charge in [-0.15, -0.1) is 0 Å². The molecule has 4 nitrogen and oxygen atoms in total. The molecule has 1 heterocycles. The smallest absolute Gasteiger partial charge is 0.162 e. The van der Waals surface area contributed by atoms with Crippen molar-refractivity contribution < 1.29 is 9.47 Å². The van der Waals surface area contributed by atoms with Crippen molar-refractivity contribution in [2.45, 2.75) is 0 Å². The molecule has 2 rings (SSSR count). The van der Waals surface area contributed by atoms with Crippen LogP contribution in [0.5, 0.6) is 11.5 Å². The minimum atomic E-state index is 0.575. The van der Waals surface area contributed by atoms with Crippen molar-refractivity contribution in [2.75, 3.05) is 14.2 Å². The number of methoxy groups -OCH3 is 2. The van der Waals surface area contributed by atoms with Crippen molar-refractivity contribution in [3.05, 3.63) is 30.0 Å². The van der Waals surface area contributed by atoms with Gasteiger partial charge >= 0.3 is 0 Å². The van der Waals surface area contributed by atoms with E-state index in [1.54, 1.807) is 38.6 Å². The summed E-state index contributed by atoms with van der Waals surface area (Å²) in [6.45, 7) is 0. The summed E-state index contributed by atoms with van der Waals surface area (Å²) >= 11 is 0. The van der Waals surface area contributed by atoms with E-state index in [1.165, 1.54) is 0 Å². The molecule has 0 unspecified atom stereocenters. The van der Waals surface area contributed by atoms with Crippen LogP contribution in [0.25, 0.3) is 10.9 Å². The Morgan fingerprint density at radius 1 is 1.19 bits per heavy atom. The number of nitriles is 1. The quantitative estimate of drug-likeness (QED) is 0.768. The Morgan fingerprint density at radius 2 is 1.88 bits per heavy atom. The Labute approximate surface area is 93.0 Å². The molecule has 0 amide bonds. The maximum Gasteiger partial charge on any atom is 0.162 e. The highest BCUT2D eigenvalue weighted by molar-refractivity contribution is 5.87. The molecule has 0 fully saturated rings. The van der Waals surface area contributed by atoms with Crippen LogP contribution in [-0.4, -0.2) is 19.2 Å². The molecular weight excluding hydrogens is 204 g/mol. The van der Waals surface area contributed by atoms with Crippen LogP contribution in [0.3, 0.4) is 0 Å². The highest BCUT2D eigenvalue weighted by atomic mass is 16.5. The van der Waals surface area contributed by atoms with E-state index in [0.29, 0.717) is 17.1 Å². The predicted octanol–water partition coefficient (Wildman–Crippen LogP) is 2.12. The van der Waals surface area contributed by atoms with Gasteiger partial charge in [0, 0.05) is 17.6 Å². The molecule has 0 aliphatic heterocycles. The molecule has 80 valence electrons. The zero-order chi connectivity index (χ0) is 11.5. The van der Waals surface area contributed by atoms with E-state index in [9.17, 15) is 0 Å². The van der Waals surface area contributed by atoms with Gasteiger partial charge in [0.15, 0.2) is 11.5 Å². The van der Waals surface area contributed by atoms with Gasteiger partial charge < -0.3 is 9.47 Å². The fourth-order valence-corrected chi connectivity index (χ4v) is 1.57. The van der Waals surface area contributed by atoms with Crippen LogP contribution < -0.4 is 9.47 Å². The van der Waals surface area contributed by atoms with E-state index >= 15 is 0 Å². The second kappa shape index (κ2) is 4.07. The van der Waals surface area contributed by atoms with Crippen LogP contribution in [-0.2, 0) is 0 Å². The van der Waals surface area contributed by atoms with E-state index < -0.39 is 0 Å². The van der Waals surface area contributed by atoms with E-state index in [1.807, 2.05) is 0 Å². The van der Waals surface area contributed by atoms with Crippen molar-refractivity contribution in [2.24, 2.45) is 0 Å². The number of nitrogens with zero attached hydrogens (tertiary/aromatic N) is 2. The van der Waals surface area contributed by atoms with Gasteiger partial charge in [-0.3, -0.25) is 4.98 Å². The summed E-state index contributed by atoms with van der Waals surface area (Å²) in [5, 5.41) is 9.74. The molecule has 4 heteroatoms. The van der Waals surface area contributed by atoms with Crippen LogP contribution in [0, 0.1) is 11.3 Å². The first-order chi connectivity index (χ1) is 7.80. The molecule has 0 N–H and O–H groups in total. The maximum absolute atomic E-state index is 8.98. The van der Waals surface area contributed by atoms with E-state index in [4.69, 9.17) is 14.7 Å². The van der Waals surface area contributed by atoms with E-state index in [2.05, 4.69) is 11.1 Å². The van der Waals surface area contributed by atoms with Gasteiger partial charge in [0.1, 0.15) is 0 Å².